The van der Waals surface area contributed by atoms with Crippen molar-refractivity contribution in [3.05, 3.63) is 30.0 Å². The highest BCUT2D eigenvalue weighted by atomic mass is 16.7. The molecule has 0 unspecified atom stereocenters. The number of nitrogens with one attached hydrogen (secondary N) is 2. The minimum absolute atomic E-state index is 0.305. The molecule has 1 aromatic carbocycles. The van der Waals surface area contributed by atoms with E-state index < -0.39 is 0 Å². The summed E-state index contributed by atoms with van der Waals surface area (Å²) in [6.45, 7) is 2.48. The summed E-state index contributed by atoms with van der Waals surface area (Å²) < 4.78 is 10.7. The molecule has 0 spiro atoms. The summed E-state index contributed by atoms with van der Waals surface area (Å²) in [4.78, 5) is 0. The molecule has 20 heavy (non-hydrogen) atoms. The molecule has 4 rings (SSSR count). The summed E-state index contributed by atoms with van der Waals surface area (Å²) in [5.74, 6) is 2.20. The van der Waals surface area contributed by atoms with Crippen molar-refractivity contribution < 1.29 is 9.47 Å². The maximum absolute atomic E-state index is 5.42. The molecular formula is C15H17N3O2. The smallest absolute Gasteiger partial charge is 0.231 e. The van der Waals surface area contributed by atoms with Gasteiger partial charge in [-0.25, -0.2) is 0 Å². The molecule has 0 amide bonds. The molecule has 0 radical (unpaired) electrons. The third-order valence-corrected chi connectivity index (χ3v) is 4.04. The lowest BCUT2D eigenvalue weighted by atomic mass is 9.94. The van der Waals surface area contributed by atoms with E-state index in [2.05, 4.69) is 21.6 Å². The van der Waals surface area contributed by atoms with Gasteiger partial charge in [-0.2, -0.15) is 5.10 Å². The van der Waals surface area contributed by atoms with Crippen LogP contribution in [0.25, 0.3) is 11.3 Å². The molecule has 0 atom stereocenters. The molecule has 2 aliphatic rings. The zero-order chi connectivity index (χ0) is 13.4. The fraction of sp³-hybridized carbons (Fsp3) is 0.400. The lowest BCUT2D eigenvalue weighted by molar-refractivity contribution is 0.174. The van der Waals surface area contributed by atoms with Crippen LogP contribution in [0.15, 0.2) is 24.3 Å². The minimum Gasteiger partial charge on any atom is -0.454 e. The Bertz CT molecular complexity index is 617. The van der Waals surface area contributed by atoms with Crippen molar-refractivity contribution in [2.24, 2.45) is 0 Å². The van der Waals surface area contributed by atoms with Crippen molar-refractivity contribution in [1.82, 2.24) is 15.5 Å². The molecule has 0 saturated carbocycles. The van der Waals surface area contributed by atoms with Gasteiger partial charge in [-0.05, 0) is 50.2 Å². The van der Waals surface area contributed by atoms with E-state index in [0.717, 1.165) is 35.8 Å². The average molecular weight is 271 g/mol. The number of nitrogens with zero attached hydrogens (tertiary/aromatic N) is 1. The summed E-state index contributed by atoms with van der Waals surface area (Å²) in [7, 11) is 0. The van der Waals surface area contributed by atoms with Gasteiger partial charge < -0.3 is 14.8 Å². The number of piperidine rings is 1. The summed E-state index contributed by atoms with van der Waals surface area (Å²) in [6, 6.07) is 8.12. The molecule has 2 aromatic rings. The number of aromatic amines is 1. The SMILES string of the molecule is c1cc2c(cc1-c1cc(C3CCNCC3)[nH]n1)OCO2. The second kappa shape index (κ2) is 4.83. The van der Waals surface area contributed by atoms with E-state index in [4.69, 9.17) is 9.47 Å². The fourth-order valence-corrected chi connectivity index (χ4v) is 2.88. The lowest BCUT2D eigenvalue weighted by Gasteiger charge is -2.20. The van der Waals surface area contributed by atoms with Crippen LogP contribution in [0.2, 0.25) is 0 Å². The van der Waals surface area contributed by atoms with E-state index >= 15 is 0 Å². The fourth-order valence-electron chi connectivity index (χ4n) is 2.88. The maximum Gasteiger partial charge on any atom is 0.231 e. The Kier molecular flexibility index (Phi) is 2.85. The van der Waals surface area contributed by atoms with E-state index in [1.807, 2.05) is 18.2 Å². The molecule has 2 aliphatic heterocycles. The molecule has 104 valence electrons. The number of hydrogen-bond acceptors (Lipinski definition) is 4. The summed E-state index contributed by atoms with van der Waals surface area (Å²) in [5, 5.41) is 11.0. The molecule has 5 nitrogen and oxygen atoms in total. The number of hydrogen-bond donors (Lipinski definition) is 2. The average Bonchev–Trinajstić information content (AvgIpc) is 3.16. The third-order valence-electron chi connectivity index (χ3n) is 4.04. The second-order valence-electron chi connectivity index (χ2n) is 5.30. The first kappa shape index (κ1) is 11.8. The van der Waals surface area contributed by atoms with Gasteiger partial charge in [0.15, 0.2) is 11.5 Å². The molecule has 5 heteroatoms. The topological polar surface area (TPSA) is 59.2 Å². The Morgan fingerprint density at radius 1 is 1.05 bits per heavy atom. The van der Waals surface area contributed by atoms with Crippen molar-refractivity contribution >= 4 is 0 Å². The monoisotopic (exact) mass is 271 g/mol. The van der Waals surface area contributed by atoms with Crippen molar-refractivity contribution in [3.8, 4) is 22.8 Å². The van der Waals surface area contributed by atoms with Gasteiger partial charge >= 0.3 is 0 Å². The van der Waals surface area contributed by atoms with Gasteiger partial charge in [0.05, 0.1) is 5.69 Å². The third kappa shape index (κ3) is 2.04. The number of aromatic nitrogens is 2. The van der Waals surface area contributed by atoms with Crippen molar-refractivity contribution in [2.45, 2.75) is 18.8 Å². The normalized spacial score (nSPS) is 18.4. The van der Waals surface area contributed by atoms with Gasteiger partial charge in [0.1, 0.15) is 0 Å². The van der Waals surface area contributed by atoms with Crippen LogP contribution in [0.5, 0.6) is 11.5 Å². The van der Waals surface area contributed by atoms with Gasteiger partial charge in [0.25, 0.3) is 0 Å². The molecule has 1 fully saturated rings. The van der Waals surface area contributed by atoms with Gasteiger partial charge in [-0.3, -0.25) is 5.10 Å². The molecular weight excluding hydrogens is 254 g/mol. The first-order chi connectivity index (χ1) is 9.90. The number of fused-ring (bicyclic) bond motifs is 1. The largest absolute Gasteiger partial charge is 0.454 e. The predicted octanol–water partition coefficient (Wildman–Crippen LogP) is 2.27. The zero-order valence-corrected chi connectivity index (χ0v) is 11.2. The van der Waals surface area contributed by atoms with Crippen molar-refractivity contribution in [1.29, 1.82) is 0 Å². The molecule has 1 aromatic heterocycles. The van der Waals surface area contributed by atoms with Crippen LogP contribution in [0.4, 0.5) is 0 Å². The zero-order valence-electron chi connectivity index (χ0n) is 11.2. The lowest BCUT2D eigenvalue weighted by Crippen LogP contribution is -2.26. The standard InChI is InChI=1S/C15H17N3O2/c1-2-14-15(20-9-19-14)7-11(1)13-8-12(17-18-13)10-3-5-16-6-4-10/h1-2,7-8,10,16H,3-6,9H2,(H,17,18). The Labute approximate surface area is 117 Å². The highest BCUT2D eigenvalue weighted by Crippen LogP contribution is 2.36. The van der Waals surface area contributed by atoms with Gasteiger partial charge in [-0.15, -0.1) is 0 Å². The molecule has 3 heterocycles. The first-order valence-electron chi connectivity index (χ1n) is 7.06. The van der Waals surface area contributed by atoms with E-state index in [-0.39, 0.29) is 0 Å². The van der Waals surface area contributed by atoms with Crippen molar-refractivity contribution in [3.63, 3.8) is 0 Å². The van der Waals surface area contributed by atoms with Gasteiger partial charge in [0.2, 0.25) is 6.79 Å². The second-order valence-corrected chi connectivity index (χ2v) is 5.30. The van der Waals surface area contributed by atoms with E-state index in [0.29, 0.717) is 12.7 Å². The van der Waals surface area contributed by atoms with E-state index in [9.17, 15) is 0 Å². The molecule has 2 N–H and O–H groups in total. The van der Waals surface area contributed by atoms with E-state index in [1.54, 1.807) is 0 Å². The summed E-state index contributed by atoms with van der Waals surface area (Å²) in [6.07, 6.45) is 2.34. The molecule has 0 aliphatic carbocycles. The Hall–Kier alpha value is -2.01. The van der Waals surface area contributed by atoms with Crippen LogP contribution in [0.3, 0.4) is 0 Å². The number of H-pyrrole nitrogens is 1. The van der Waals surface area contributed by atoms with Crippen molar-refractivity contribution in [2.75, 3.05) is 19.9 Å². The minimum atomic E-state index is 0.305. The highest BCUT2D eigenvalue weighted by molar-refractivity contribution is 5.64. The Morgan fingerprint density at radius 2 is 1.90 bits per heavy atom. The van der Waals surface area contributed by atoms with Gasteiger partial charge in [0, 0.05) is 17.2 Å². The van der Waals surface area contributed by atoms with Crippen LogP contribution < -0.4 is 14.8 Å². The van der Waals surface area contributed by atoms with Crippen LogP contribution in [-0.2, 0) is 0 Å². The van der Waals surface area contributed by atoms with Crippen LogP contribution in [0.1, 0.15) is 24.5 Å². The van der Waals surface area contributed by atoms with Crippen LogP contribution in [-0.4, -0.2) is 30.1 Å². The Balaban J connectivity index is 1.61. The highest BCUT2D eigenvalue weighted by Gasteiger charge is 2.19. The summed E-state index contributed by atoms with van der Waals surface area (Å²) in [5.41, 5.74) is 3.27. The maximum atomic E-state index is 5.42. The predicted molar refractivity (Wildman–Crippen MR) is 75.0 cm³/mol. The Morgan fingerprint density at radius 3 is 2.80 bits per heavy atom. The number of benzene rings is 1. The summed E-state index contributed by atoms with van der Waals surface area (Å²) >= 11 is 0. The van der Waals surface area contributed by atoms with Gasteiger partial charge in [-0.1, -0.05) is 0 Å². The van der Waals surface area contributed by atoms with Crippen LogP contribution in [0, 0.1) is 0 Å². The molecule has 1 saturated heterocycles. The molecule has 0 bridgehead atoms. The van der Waals surface area contributed by atoms with Crippen LogP contribution >= 0.6 is 0 Å². The number of rotatable bonds is 2. The quantitative estimate of drug-likeness (QED) is 0.879. The van der Waals surface area contributed by atoms with E-state index in [1.165, 1.54) is 18.5 Å². The number of ether oxygens (including phenoxy) is 2. The first-order valence-corrected chi connectivity index (χ1v) is 7.06.